The Hall–Kier alpha value is -2.63. The second-order valence-electron chi connectivity index (χ2n) is 8.18. The van der Waals surface area contributed by atoms with Gasteiger partial charge in [0.05, 0.1) is 6.54 Å². The van der Waals surface area contributed by atoms with Crippen molar-refractivity contribution in [3.05, 3.63) is 77.4 Å². The van der Waals surface area contributed by atoms with Gasteiger partial charge >= 0.3 is 0 Å². The fourth-order valence-corrected chi connectivity index (χ4v) is 5.19. The molecule has 1 N–H and O–H groups in total. The van der Waals surface area contributed by atoms with Crippen molar-refractivity contribution in [1.82, 2.24) is 9.62 Å². The molecule has 4 nitrogen and oxygen atoms in total. The summed E-state index contributed by atoms with van der Waals surface area (Å²) in [4.78, 5) is 27.2. The molecule has 160 valence electrons. The summed E-state index contributed by atoms with van der Waals surface area (Å²) < 4.78 is 3.64. The highest BCUT2D eigenvalue weighted by molar-refractivity contribution is 7.97. The first kappa shape index (κ1) is 21.6. The smallest absolute Gasteiger partial charge is 0.260 e. The summed E-state index contributed by atoms with van der Waals surface area (Å²) in [7, 11) is 0. The van der Waals surface area contributed by atoms with Crippen LogP contribution in [0.1, 0.15) is 53.6 Å². The molecule has 1 aliphatic rings. The van der Waals surface area contributed by atoms with Gasteiger partial charge in [-0.1, -0.05) is 67.8 Å². The molecule has 0 aromatic heterocycles. The molecule has 0 spiro atoms. The number of nitrogens with zero attached hydrogens (tertiary/aromatic N) is 1. The van der Waals surface area contributed by atoms with Gasteiger partial charge in [0.1, 0.15) is 0 Å². The van der Waals surface area contributed by atoms with Gasteiger partial charge in [-0.2, -0.15) is 0 Å². The van der Waals surface area contributed by atoms with E-state index in [1.807, 2.05) is 43.3 Å². The van der Waals surface area contributed by atoms with Crippen molar-refractivity contribution in [1.29, 1.82) is 0 Å². The van der Waals surface area contributed by atoms with Crippen molar-refractivity contribution in [2.75, 3.05) is 0 Å². The molecule has 0 aliphatic heterocycles. The van der Waals surface area contributed by atoms with E-state index < -0.39 is 0 Å². The Morgan fingerprint density at radius 2 is 1.71 bits per heavy atom. The Kier molecular flexibility index (Phi) is 7.05. The summed E-state index contributed by atoms with van der Waals surface area (Å²) >= 11 is 1.69. The minimum Gasteiger partial charge on any atom is -0.278 e. The van der Waals surface area contributed by atoms with Crippen LogP contribution in [-0.4, -0.2) is 23.3 Å². The van der Waals surface area contributed by atoms with Crippen molar-refractivity contribution in [2.24, 2.45) is 0 Å². The Morgan fingerprint density at radius 1 is 1.00 bits per heavy atom. The highest BCUT2D eigenvalue weighted by Crippen LogP contribution is 2.31. The summed E-state index contributed by atoms with van der Waals surface area (Å²) in [5.74, 6) is -0.269. The molecule has 0 heterocycles. The highest BCUT2D eigenvalue weighted by atomic mass is 32.2. The number of aryl methyl sites for hydroxylation is 1. The van der Waals surface area contributed by atoms with Crippen LogP contribution in [-0.2, 0) is 11.3 Å². The van der Waals surface area contributed by atoms with Gasteiger partial charge in [-0.3, -0.25) is 19.2 Å². The predicted octanol–water partition coefficient (Wildman–Crippen LogP) is 5.88. The first-order chi connectivity index (χ1) is 15.2. The Balaban J connectivity index is 1.57. The maximum absolute atomic E-state index is 13.0. The molecular formula is C26H28N2O2S. The van der Waals surface area contributed by atoms with Gasteiger partial charge in [0.2, 0.25) is 6.41 Å². The Bertz CT molecular complexity index is 1080. The third-order valence-electron chi connectivity index (χ3n) is 6.02. The molecule has 2 amide bonds. The van der Waals surface area contributed by atoms with Crippen molar-refractivity contribution >= 4 is 35.0 Å². The largest absolute Gasteiger partial charge is 0.278 e. The number of hydrogen-bond donors (Lipinski definition) is 1. The third-order valence-corrected chi connectivity index (χ3v) is 7.05. The van der Waals surface area contributed by atoms with Crippen LogP contribution in [0.15, 0.2) is 65.6 Å². The Labute approximate surface area is 188 Å². The summed E-state index contributed by atoms with van der Waals surface area (Å²) in [6.07, 6.45) is 7.05. The average molecular weight is 433 g/mol. The van der Waals surface area contributed by atoms with Crippen LogP contribution in [0, 0.1) is 6.92 Å². The first-order valence-corrected chi connectivity index (χ1v) is 11.7. The number of rotatable bonds is 7. The van der Waals surface area contributed by atoms with Gasteiger partial charge in [-0.15, -0.1) is 0 Å². The van der Waals surface area contributed by atoms with E-state index in [2.05, 4.69) is 22.9 Å². The van der Waals surface area contributed by atoms with Crippen molar-refractivity contribution < 1.29 is 9.59 Å². The fourth-order valence-electron chi connectivity index (χ4n) is 4.24. The van der Waals surface area contributed by atoms with Gasteiger partial charge in [0.25, 0.3) is 5.91 Å². The van der Waals surface area contributed by atoms with Crippen LogP contribution in [0.3, 0.4) is 0 Å². The van der Waals surface area contributed by atoms with E-state index in [1.165, 1.54) is 41.9 Å². The molecule has 3 aromatic rings. The van der Waals surface area contributed by atoms with E-state index >= 15 is 0 Å². The lowest BCUT2D eigenvalue weighted by Crippen LogP contribution is -2.29. The molecule has 3 aromatic carbocycles. The molecule has 0 radical (unpaired) electrons. The van der Waals surface area contributed by atoms with Gasteiger partial charge in [-0.25, -0.2) is 0 Å². The van der Waals surface area contributed by atoms with Crippen LogP contribution in [0.4, 0.5) is 0 Å². The van der Waals surface area contributed by atoms with Crippen molar-refractivity contribution in [3.63, 3.8) is 0 Å². The minimum atomic E-state index is -0.269. The van der Waals surface area contributed by atoms with Crippen molar-refractivity contribution in [3.8, 4) is 0 Å². The number of nitrogens with one attached hydrogen (secondary N) is 1. The highest BCUT2D eigenvalue weighted by Gasteiger charge is 2.19. The fraction of sp³-hybridized carbons (Fsp3) is 0.308. The number of fused-ring (bicyclic) bond motifs is 1. The van der Waals surface area contributed by atoms with Crippen LogP contribution in [0.25, 0.3) is 10.8 Å². The average Bonchev–Trinajstić information content (AvgIpc) is 2.82. The van der Waals surface area contributed by atoms with Crippen molar-refractivity contribution in [2.45, 2.75) is 56.5 Å². The van der Waals surface area contributed by atoms with Crippen LogP contribution >= 0.6 is 11.9 Å². The van der Waals surface area contributed by atoms with Gasteiger partial charge in [-0.05, 0) is 65.7 Å². The molecule has 0 bridgehead atoms. The molecule has 5 heteroatoms. The second kappa shape index (κ2) is 10.1. The summed E-state index contributed by atoms with van der Waals surface area (Å²) in [6, 6.07) is 20.3. The lowest BCUT2D eigenvalue weighted by molar-refractivity contribution is -0.116. The minimum absolute atomic E-state index is 0.248. The molecular weight excluding hydrogens is 404 g/mol. The summed E-state index contributed by atoms with van der Waals surface area (Å²) in [5, 5.41) is 2.21. The molecule has 0 atom stereocenters. The predicted molar refractivity (Wildman–Crippen MR) is 127 cm³/mol. The summed E-state index contributed by atoms with van der Waals surface area (Å²) in [5.41, 5.74) is 2.39. The van der Waals surface area contributed by atoms with E-state index in [1.54, 1.807) is 18.0 Å². The molecule has 4 rings (SSSR count). The van der Waals surface area contributed by atoms with Gasteiger partial charge in [0.15, 0.2) is 0 Å². The standard InChI is InChI=1S/C26H28N2O2S/c1-19-9-5-6-12-22(19)26(30)28(18-29)17-20-15-16-25(24-14-8-7-13-23(20)24)31-27-21-10-3-2-4-11-21/h5-9,12-16,18,21,27H,2-4,10-11,17H2,1H3. The monoisotopic (exact) mass is 432 g/mol. The topological polar surface area (TPSA) is 49.4 Å². The maximum atomic E-state index is 13.0. The van der Waals surface area contributed by atoms with E-state index in [-0.39, 0.29) is 12.5 Å². The zero-order valence-corrected chi connectivity index (χ0v) is 18.7. The SMILES string of the molecule is Cc1ccccc1C(=O)N(C=O)Cc1ccc(SNC2CCCCC2)c2ccccc12. The molecule has 0 saturated heterocycles. The lowest BCUT2D eigenvalue weighted by atomic mass is 9.96. The molecule has 1 fully saturated rings. The van der Waals surface area contributed by atoms with E-state index in [0.717, 1.165) is 21.9 Å². The number of imide groups is 1. The number of benzene rings is 3. The molecule has 0 unspecified atom stereocenters. The van der Waals surface area contributed by atoms with E-state index in [0.29, 0.717) is 18.0 Å². The number of amides is 2. The lowest BCUT2D eigenvalue weighted by Gasteiger charge is -2.23. The van der Waals surface area contributed by atoms with Gasteiger partial charge < -0.3 is 0 Å². The molecule has 1 saturated carbocycles. The zero-order chi connectivity index (χ0) is 21.6. The van der Waals surface area contributed by atoms with E-state index in [4.69, 9.17) is 0 Å². The molecule has 1 aliphatic carbocycles. The Morgan fingerprint density at radius 3 is 2.45 bits per heavy atom. The van der Waals surface area contributed by atoms with Crippen LogP contribution in [0.2, 0.25) is 0 Å². The normalized spacial score (nSPS) is 14.5. The van der Waals surface area contributed by atoms with Gasteiger partial charge in [0, 0.05) is 16.5 Å². The number of carbonyl (C=O) groups is 2. The number of hydrogen-bond acceptors (Lipinski definition) is 4. The zero-order valence-electron chi connectivity index (χ0n) is 17.8. The third kappa shape index (κ3) is 5.00. The summed E-state index contributed by atoms with van der Waals surface area (Å²) in [6.45, 7) is 2.13. The maximum Gasteiger partial charge on any atom is 0.260 e. The first-order valence-electron chi connectivity index (χ1n) is 10.9. The van der Waals surface area contributed by atoms with Crippen LogP contribution in [0.5, 0.6) is 0 Å². The quantitative estimate of drug-likeness (QED) is 0.374. The number of carbonyl (C=O) groups excluding carboxylic acids is 2. The van der Waals surface area contributed by atoms with Crippen LogP contribution < -0.4 is 4.72 Å². The second-order valence-corrected chi connectivity index (χ2v) is 9.06. The van der Waals surface area contributed by atoms with E-state index in [9.17, 15) is 9.59 Å². The molecule has 31 heavy (non-hydrogen) atoms.